The molecular formula is C6H10O7. The lowest BCUT2D eigenvalue weighted by atomic mass is 10.1. The van der Waals surface area contributed by atoms with Gasteiger partial charge in [0.1, 0.15) is 0 Å². The van der Waals surface area contributed by atoms with E-state index in [2.05, 4.69) is 0 Å². The third kappa shape index (κ3) is 3.09. The molecule has 0 unspecified atom stereocenters. The quantitative estimate of drug-likeness (QED) is 0.213. The van der Waals surface area contributed by atoms with Crippen LogP contribution in [0.2, 0.25) is 0 Å². The van der Waals surface area contributed by atoms with Crippen molar-refractivity contribution >= 4 is 5.97 Å². The molecule has 0 aromatic heterocycles. The van der Waals surface area contributed by atoms with E-state index >= 15 is 0 Å². The molecule has 0 radical (unpaired) electrons. The molecule has 0 amide bonds. The summed E-state index contributed by atoms with van der Waals surface area (Å²) >= 11 is 0. The minimum absolute atomic E-state index is 0.190. The molecule has 0 aliphatic heterocycles. The molecule has 76 valence electrons. The Hall–Kier alpha value is -0.990. The number of carboxylic acids is 1. The normalized spacial score (nSPS) is 14.5. The second-order valence-corrected chi connectivity index (χ2v) is 2.49. The molecule has 0 saturated heterocycles. The van der Waals surface area contributed by atoms with E-state index in [4.69, 9.17) is 30.6 Å². The second kappa shape index (κ2) is 3.40. The van der Waals surface area contributed by atoms with E-state index in [1.54, 1.807) is 0 Å². The molecule has 7 nitrogen and oxygen atoms in total. The van der Waals surface area contributed by atoms with E-state index in [-0.39, 0.29) is 6.08 Å². The molecule has 0 aliphatic carbocycles. The van der Waals surface area contributed by atoms with Gasteiger partial charge in [-0.25, -0.2) is 4.79 Å². The number of carboxylic acid groups (broad SMARTS) is 1. The number of rotatable bonds is 3. The van der Waals surface area contributed by atoms with E-state index in [1.807, 2.05) is 0 Å². The highest BCUT2D eigenvalue weighted by Gasteiger charge is 2.44. The van der Waals surface area contributed by atoms with Crippen LogP contribution >= 0.6 is 0 Å². The van der Waals surface area contributed by atoms with Crippen LogP contribution in [-0.4, -0.2) is 48.4 Å². The molecular weight excluding hydrogens is 184 g/mol. The van der Waals surface area contributed by atoms with Gasteiger partial charge in [0.05, 0.1) is 0 Å². The summed E-state index contributed by atoms with van der Waals surface area (Å²) in [6.45, 7) is 0.981. The van der Waals surface area contributed by atoms with Gasteiger partial charge >= 0.3 is 11.9 Å². The maximum absolute atomic E-state index is 10.2. The first-order chi connectivity index (χ1) is 5.58. The van der Waals surface area contributed by atoms with Crippen molar-refractivity contribution in [3.8, 4) is 0 Å². The first-order valence-electron chi connectivity index (χ1n) is 3.12. The summed E-state index contributed by atoms with van der Waals surface area (Å²) in [5.74, 6) is -8.74. The Morgan fingerprint density at radius 2 is 1.54 bits per heavy atom. The SMILES string of the molecule is C/C(=C\C(O)(O)C(O)(O)O)C(=O)O. The number of hydrogen-bond donors (Lipinski definition) is 6. The topological polar surface area (TPSA) is 138 Å². The lowest BCUT2D eigenvalue weighted by molar-refractivity contribution is -0.429. The number of carbonyl (C=O) groups is 1. The molecule has 6 N–H and O–H groups in total. The van der Waals surface area contributed by atoms with E-state index in [0.29, 0.717) is 0 Å². The summed E-state index contributed by atoms with van der Waals surface area (Å²) in [6, 6.07) is 0. The Kier molecular flexibility index (Phi) is 3.14. The molecule has 7 heteroatoms. The molecule has 0 atom stereocenters. The largest absolute Gasteiger partial charge is 0.478 e. The van der Waals surface area contributed by atoms with E-state index in [1.165, 1.54) is 0 Å². The Morgan fingerprint density at radius 3 is 1.77 bits per heavy atom. The first kappa shape index (κ1) is 12.0. The predicted molar refractivity (Wildman–Crippen MR) is 37.9 cm³/mol. The Balaban J connectivity index is 4.89. The van der Waals surface area contributed by atoms with Crippen LogP contribution in [0.5, 0.6) is 0 Å². The van der Waals surface area contributed by atoms with Crippen LogP contribution in [0, 0.1) is 0 Å². The summed E-state index contributed by atoms with van der Waals surface area (Å²) < 4.78 is 0. The Bertz CT molecular complexity index is 234. The number of aliphatic hydroxyl groups is 5. The van der Waals surface area contributed by atoms with Crippen molar-refractivity contribution in [2.45, 2.75) is 18.7 Å². The number of hydrogen-bond acceptors (Lipinski definition) is 6. The van der Waals surface area contributed by atoms with Gasteiger partial charge in [-0.2, -0.15) is 0 Å². The van der Waals surface area contributed by atoms with Gasteiger partial charge in [-0.3, -0.25) is 0 Å². The van der Waals surface area contributed by atoms with Crippen LogP contribution in [0.15, 0.2) is 11.6 Å². The van der Waals surface area contributed by atoms with Crippen molar-refractivity contribution in [3.63, 3.8) is 0 Å². The van der Waals surface area contributed by atoms with Gasteiger partial charge < -0.3 is 30.6 Å². The van der Waals surface area contributed by atoms with Crippen LogP contribution in [0.1, 0.15) is 6.92 Å². The van der Waals surface area contributed by atoms with E-state index < -0.39 is 23.3 Å². The highest BCUT2D eigenvalue weighted by molar-refractivity contribution is 5.85. The third-order valence-electron chi connectivity index (χ3n) is 1.25. The fourth-order valence-corrected chi connectivity index (χ4v) is 0.460. The molecule has 0 rings (SSSR count). The van der Waals surface area contributed by atoms with Crippen LogP contribution < -0.4 is 0 Å². The average molecular weight is 194 g/mol. The van der Waals surface area contributed by atoms with Gasteiger partial charge in [-0.15, -0.1) is 0 Å². The van der Waals surface area contributed by atoms with Crippen LogP contribution in [0.4, 0.5) is 0 Å². The first-order valence-corrected chi connectivity index (χ1v) is 3.12. The van der Waals surface area contributed by atoms with Gasteiger partial charge in [-0.05, 0) is 13.0 Å². The van der Waals surface area contributed by atoms with Crippen molar-refractivity contribution in [2.75, 3.05) is 0 Å². The highest BCUT2D eigenvalue weighted by Crippen LogP contribution is 2.17. The molecule has 0 spiro atoms. The molecule has 0 aromatic carbocycles. The molecule has 0 bridgehead atoms. The monoisotopic (exact) mass is 194 g/mol. The Labute approximate surface area is 72.8 Å². The highest BCUT2D eigenvalue weighted by atomic mass is 16.7. The molecule has 0 saturated carbocycles. The zero-order valence-corrected chi connectivity index (χ0v) is 6.67. The van der Waals surface area contributed by atoms with Gasteiger partial charge in [0.2, 0.25) is 0 Å². The minimum atomic E-state index is -3.82. The van der Waals surface area contributed by atoms with Crippen LogP contribution in [0.25, 0.3) is 0 Å². The van der Waals surface area contributed by atoms with Crippen molar-refractivity contribution in [3.05, 3.63) is 11.6 Å². The maximum Gasteiger partial charge on any atom is 0.336 e. The van der Waals surface area contributed by atoms with Crippen molar-refractivity contribution in [2.24, 2.45) is 0 Å². The zero-order valence-electron chi connectivity index (χ0n) is 6.67. The van der Waals surface area contributed by atoms with Crippen molar-refractivity contribution in [1.29, 1.82) is 0 Å². The summed E-state index contributed by atoms with van der Waals surface area (Å²) in [5.41, 5.74) is -0.563. The van der Waals surface area contributed by atoms with Crippen molar-refractivity contribution in [1.82, 2.24) is 0 Å². The molecule has 0 aliphatic rings. The summed E-state index contributed by atoms with van der Waals surface area (Å²) in [7, 11) is 0. The lowest BCUT2D eigenvalue weighted by Gasteiger charge is -2.27. The van der Waals surface area contributed by atoms with Crippen molar-refractivity contribution < 1.29 is 35.4 Å². The molecule has 13 heavy (non-hydrogen) atoms. The summed E-state index contributed by atoms with van der Waals surface area (Å²) in [4.78, 5) is 10.2. The fraction of sp³-hybridized carbons (Fsp3) is 0.500. The van der Waals surface area contributed by atoms with E-state index in [9.17, 15) is 4.79 Å². The second-order valence-electron chi connectivity index (χ2n) is 2.49. The fourth-order valence-electron chi connectivity index (χ4n) is 0.460. The molecule has 0 fully saturated rings. The zero-order chi connectivity index (χ0) is 10.9. The predicted octanol–water partition coefficient (Wildman–Crippen LogP) is -2.67. The van der Waals surface area contributed by atoms with Gasteiger partial charge in [0.15, 0.2) is 0 Å². The summed E-state index contributed by atoms with van der Waals surface area (Å²) in [5, 5.41) is 50.8. The minimum Gasteiger partial charge on any atom is -0.478 e. The van der Waals surface area contributed by atoms with Gasteiger partial charge in [0.25, 0.3) is 5.79 Å². The number of aliphatic carboxylic acids is 1. The Morgan fingerprint density at radius 1 is 1.15 bits per heavy atom. The maximum atomic E-state index is 10.2. The van der Waals surface area contributed by atoms with E-state index in [0.717, 1.165) is 6.92 Å². The average Bonchev–Trinajstić information content (AvgIpc) is 1.83. The molecule has 0 heterocycles. The third-order valence-corrected chi connectivity index (χ3v) is 1.25. The van der Waals surface area contributed by atoms with Gasteiger partial charge in [-0.1, -0.05) is 0 Å². The summed E-state index contributed by atoms with van der Waals surface area (Å²) in [6.07, 6.45) is 0.190. The lowest BCUT2D eigenvalue weighted by Crippen LogP contribution is -2.53. The van der Waals surface area contributed by atoms with Crippen LogP contribution in [-0.2, 0) is 4.79 Å². The van der Waals surface area contributed by atoms with Crippen LogP contribution in [0.3, 0.4) is 0 Å². The molecule has 0 aromatic rings. The van der Waals surface area contributed by atoms with Gasteiger partial charge in [0, 0.05) is 5.57 Å². The standard InChI is InChI=1S/C6H10O7/c1-3(4(7)8)2-5(9,10)6(11,12)13/h2,9-13H,1H3,(H,7,8)/b3-2+. The smallest absolute Gasteiger partial charge is 0.336 e.